The first-order chi connectivity index (χ1) is 11.2. The number of anilines is 1. The summed E-state index contributed by atoms with van der Waals surface area (Å²) in [6, 6.07) is 8.71. The van der Waals surface area contributed by atoms with Gasteiger partial charge in [-0.3, -0.25) is 14.6 Å². The van der Waals surface area contributed by atoms with E-state index in [9.17, 15) is 4.79 Å². The van der Waals surface area contributed by atoms with Crippen molar-refractivity contribution in [3.05, 3.63) is 29.8 Å². The lowest BCUT2D eigenvalue weighted by Gasteiger charge is -2.39. The molecule has 2 heterocycles. The SMILES string of the molecule is Cc1ccc(NC(=O)CN2CCC(N3CCSCC3)CC2)cc1. The van der Waals surface area contributed by atoms with Gasteiger partial charge >= 0.3 is 0 Å². The van der Waals surface area contributed by atoms with Gasteiger partial charge in [0.25, 0.3) is 0 Å². The molecule has 2 aliphatic heterocycles. The highest BCUT2D eigenvalue weighted by atomic mass is 32.2. The van der Waals surface area contributed by atoms with Gasteiger partial charge in [0.1, 0.15) is 0 Å². The summed E-state index contributed by atoms with van der Waals surface area (Å²) in [4.78, 5) is 17.1. The second-order valence-electron chi connectivity index (χ2n) is 6.57. The second kappa shape index (κ2) is 8.18. The molecule has 2 aliphatic rings. The number of likely N-dealkylation sites (tertiary alicyclic amines) is 1. The third kappa shape index (κ3) is 4.96. The van der Waals surface area contributed by atoms with Crippen LogP contribution in [-0.2, 0) is 4.79 Å². The Bertz CT molecular complexity index is 506. The molecule has 0 atom stereocenters. The fourth-order valence-corrected chi connectivity index (χ4v) is 4.36. The Balaban J connectivity index is 1.41. The van der Waals surface area contributed by atoms with Crippen LogP contribution >= 0.6 is 11.8 Å². The van der Waals surface area contributed by atoms with Gasteiger partial charge in [-0.15, -0.1) is 0 Å². The highest BCUT2D eigenvalue weighted by Crippen LogP contribution is 2.20. The van der Waals surface area contributed by atoms with Gasteiger partial charge in [0.15, 0.2) is 0 Å². The maximum Gasteiger partial charge on any atom is 0.238 e. The molecule has 2 fully saturated rings. The first kappa shape index (κ1) is 16.8. The van der Waals surface area contributed by atoms with Crippen LogP contribution in [0.1, 0.15) is 18.4 Å². The predicted octanol–water partition coefficient (Wildman–Crippen LogP) is 2.45. The van der Waals surface area contributed by atoms with Crippen molar-refractivity contribution < 1.29 is 4.79 Å². The van der Waals surface area contributed by atoms with Gasteiger partial charge in [-0.05, 0) is 31.9 Å². The molecular formula is C18H27N3OS. The predicted molar refractivity (Wildman–Crippen MR) is 98.2 cm³/mol. The quantitative estimate of drug-likeness (QED) is 0.918. The second-order valence-corrected chi connectivity index (χ2v) is 7.79. The summed E-state index contributed by atoms with van der Waals surface area (Å²) in [5.41, 5.74) is 2.10. The van der Waals surface area contributed by atoms with Crippen LogP contribution in [-0.4, -0.2) is 66.0 Å². The molecule has 3 rings (SSSR count). The van der Waals surface area contributed by atoms with Crippen molar-refractivity contribution in [1.82, 2.24) is 9.80 Å². The molecular weight excluding hydrogens is 306 g/mol. The summed E-state index contributed by atoms with van der Waals surface area (Å²) in [5.74, 6) is 2.65. The van der Waals surface area contributed by atoms with Crippen molar-refractivity contribution >= 4 is 23.4 Å². The van der Waals surface area contributed by atoms with Crippen molar-refractivity contribution in [3.8, 4) is 0 Å². The number of nitrogens with one attached hydrogen (secondary N) is 1. The number of piperidine rings is 1. The van der Waals surface area contributed by atoms with Crippen LogP contribution in [0.3, 0.4) is 0 Å². The van der Waals surface area contributed by atoms with E-state index in [0.29, 0.717) is 6.54 Å². The Morgan fingerprint density at radius 3 is 2.43 bits per heavy atom. The van der Waals surface area contributed by atoms with E-state index in [1.165, 1.54) is 43.0 Å². The van der Waals surface area contributed by atoms with Gasteiger partial charge in [-0.25, -0.2) is 0 Å². The van der Waals surface area contributed by atoms with Crippen LogP contribution in [0.4, 0.5) is 5.69 Å². The number of thioether (sulfide) groups is 1. The minimum absolute atomic E-state index is 0.0988. The minimum Gasteiger partial charge on any atom is -0.325 e. The molecule has 1 aromatic rings. The number of carbonyl (C=O) groups excluding carboxylic acids is 1. The number of rotatable bonds is 4. The van der Waals surface area contributed by atoms with Crippen molar-refractivity contribution in [3.63, 3.8) is 0 Å². The molecule has 4 nitrogen and oxygen atoms in total. The number of hydrogen-bond donors (Lipinski definition) is 1. The van der Waals surface area contributed by atoms with Crippen LogP contribution < -0.4 is 5.32 Å². The van der Waals surface area contributed by atoms with Gasteiger partial charge < -0.3 is 5.32 Å². The van der Waals surface area contributed by atoms with E-state index < -0.39 is 0 Å². The Labute approximate surface area is 143 Å². The standard InChI is InChI=1S/C18H27N3OS/c1-15-2-4-16(5-3-15)19-18(22)14-20-8-6-17(7-9-20)21-10-12-23-13-11-21/h2-5,17H,6-14H2,1H3,(H,19,22). The van der Waals surface area contributed by atoms with E-state index in [1.807, 2.05) is 24.3 Å². The number of aryl methyl sites for hydroxylation is 1. The summed E-state index contributed by atoms with van der Waals surface area (Å²) >= 11 is 2.07. The zero-order valence-corrected chi connectivity index (χ0v) is 14.8. The normalized spacial score (nSPS) is 21.3. The van der Waals surface area contributed by atoms with Gasteiger partial charge in [0.2, 0.25) is 5.91 Å². The lowest BCUT2D eigenvalue weighted by molar-refractivity contribution is -0.117. The first-order valence-electron chi connectivity index (χ1n) is 8.61. The molecule has 1 aromatic carbocycles. The van der Waals surface area contributed by atoms with Crippen molar-refractivity contribution in [2.24, 2.45) is 0 Å². The zero-order chi connectivity index (χ0) is 16.1. The number of hydrogen-bond acceptors (Lipinski definition) is 4. The lowest BCUT2D eigenvalue weighted by Crippen LogP contribution is -2.49. The first-order valence-corrected chi connectivity index (χ1v) is 9.77. The van der Waals surface area contributed by atoms with E-state index in [0.717, 1.165) is 24.8 Å². The van der Waals surface area contributed by atoms with Gasteiger partial charge in [0, 0.05) is 49.4 Å². The van der Waals surface area contributed by atoms with E-state index in [1.54, 1.807) is 0 Å². The topological polar surface area (TPSA) is 35.6 Å². The summed E-state index contributed by atoms with van der Waals surface area (Å²) in [6.45, 7) is 7.12. The summed E-state index contributed by atoms with van der Waals surface area (Å²) in [5, 5.41) is 3.00. The molecule has 1 amide bonds. The van der Waals surface area contributed by atoms with Crippen LogP contribution in [0, 0.1) is 6.92 Å². The molecule has 0 unspecified atom stereocenters. The molecule has 0 aliphatic carbocycles. The highest BCUT2D eigenvalue weighted by Gasteiger charge is 2.26. The average molecular weight is 334 g/mol. The number of amides is 1. The van der Waals surface area contributed by atoms with Crippen LogP contribution in [0.2, 0.25) is 0 Å². The Kier molecular flexibility index (Phi) is 5.97. The van der Waals surface area contributed by atoms with Crippen molar-refractivity contribution in [1.29, 1.82) is 0 Å². The summed E-state index contributed by atoms with van der Waals surface area (Å²) in [7, 11) is 0. The maximum atomic E-state index is 12.2. The average Bonchev–Trinajstić information content (AvgIpc) is 2.58. The van der Waals surface area contributed by atoms with E-state index >= 15 is 0 Å². The minimum atomic E-state index is 0.0988. The third-order valence-electron chi connectivity index (χ3n) is 4.82. The molecule has 23 heavy (non-hydrogen) atoms. The highest BCUT2D eigenvalue weighted by molar-refractivity contribution is 7.99. The number of nitrogens with zero attached hydrogens (tertiary/aromatic N) is 2. The number of carbonyl (C=O) groups is 1. The van der Waals surface area contributed by atoms with Crippen LogP contribution in [0.15, 0.2) is 24.3 Å². The van der Waals surface area contributed by atoms with E-state index in [4.69, 9.17) is 0 Å². The molecule has 0 spiro atoms. The Hall–Kier alpha value is -1.04. The maximum absolute atomic E-state index is 12.2. The molecule has 1 N–H and O–H groups in total. The largest absolute Gasteiger partial charge is 0.325 e. The Morgan fingerprint density at radius 2 is 1.78 bits per heavy atom. The van der Waals surface area contributed by atoms with Gasteiger partial charge in [0.05, 0.1) is 6.54 Å². The molecule has 0 aromatic heterocycles. The zero-order valence-electron chi connectivity index (χ0n) is 14.0. The molecule has 0 radical (unpaired) electrons. The van der Waals surface area contributed by atoms with E-state index in [2.05, 4.69) is 33.8 Å². The summed E-state index contributed by atoms with van der Waals surface area (Å²) < 4.78 is 0. The molecule has 2 saturated heterocycles. The van der Waals surface area contributed by atoms with Crippen LogP contribution in [0.25, 0.3) is 0 Å². The monoisotopic (exact) mass is 333 g/mol. The fourth-order valence-electron chi connectivity index (χ4n) is 3.43. The molecule has 0 saturated carbocycles. The molecule has 126 valence electrons. The van der Waals surface area contributed by atoms with Crippen molar-refractivity contribution in [2.75, 3.05) is 49.5 Å². The lowest BCUT2D eigenvalue weighted by atomic mass is 10.0. The smallest absolute Gasteiger partial charge is 0.238 e. The third-order valence-corrected chi connectivity index (χ3v) is 5.76. The van der Waals surface area contributed by atoms with Crippen molar-refractivity contribution in [2.45, 2.75) is 25.8 Å². The van der Waals surface area contributed by atoms with Crippen LogP contribution in [0.5, 0.6) is 0 Å². The number of benzene rings is 1. The fraction of sp³-hybridized carbons (Fsp3) is 0.611. The van der Waals surface area contributed by atoms with Gasteiger partial charge in [-0.1, -0.05) is 17.7 Å². The van der Waals surface area contributed by atoms with E-state index in [-0.39, 0.29) is 5.91 Å². The Morgan fingerprint density at radius 1 is 1.13 bits per heavy atom. The summed E-state index contributed by atoms with van der Waals surface area (Å²) in [6.07, 6.45) is 2.39. The van der Waals surface area contributed by atoms with Gasteiger partial charge in [-0.2, -0.15) is 11.8 Å². The molecule has 5 heteroatoms. The molecule has 0 bridgehead atoms.